The second kappa shape index (κ2) is 9.80. The number of hydrogen-bond donors (Lipinski definition) is 1. The van der Waals surface area contributed by atoms with Crippen LogP contribution >= 0.6 is 0 Å². The minimum absolute atomic E-state index is 0.147. The first kappa shape index (κ1) is 20.5. The molecule has 2 aromatic rings. The lowest BCUT2D eigenvalue weighted by molar-refractivity contribution is 0.223. The van der Waals surface area contributed by atoms with E-state index in [-0.39, 0.29) is 6.04 Å². The van der Waals surface area contributed by atoms with Crippen LogP contribution in [0.4, 0.5) is 0 Å². The number of rotatable bonds is 9. The predicted octanol–water partition coefficient (Wildman–Crippen LogP) is 3.66. The molecule has 3 rings (SSSR count). The molecule has 28 heavy (non-hydrogen) atoms. The third-order valence-electron chi connectivity index (χ3n) is 5.50. The Balaban J connectivity index is 1.73. The van der Waals surface area contributed by atoms with E-state index in [1.165, 1.54) is 16.7 Å². The zero-order chi connectivity index (χ0) is 19.9. The third-order valence-corrected chi connectivity index (χ3v) is 5.50. The van der Waals surface area contributed by atoms with Crippen molar-refractivity contribution in [3.8, 4) is 17.2 Å². The lowest BCUT2D eigenvalue weighted by Gasteiger charge is -2.29. The van der Waals surface area contributed by atoms with Crippen LogP contribution in [0.1, 0.15) is 36.6 Å². The first-order chi connectivity index (χ1) is 13.7. The molecule has 0 aromatic heterocycles. The highest BCUT2D eigenvalue weighted by molar-refractivity contribution is 5.54. The summed E-state index contributed by atoms with van der Waals surface area (Å²) in [7, 11) is 3.39. The molecule has 1 unspecified atom stereocenters. The van der Waals surface area contributed by atoms with Gasteiger partial charge in [-0.1, -0.05) is 32.0 Å². The van der Waals surface area contributed by atoms with Gasteiger partial charge >= 0.3 is 0 Å². The summed E-state index contributed by atoms with van der Waals surface area (Å²) >= 11 is 0. The maximum absolute atomic E-state index is 5.92. The van der Waals surface area contributed by atoms with Crippen molar-refractivity contribution in [2.45, 2.75) is 26.3 Å². The van der Waals surface area contributed by atoms with Gasteiger partial charge in [0.05, 0.1) is 20.3 Å². The molecule has 1 aliphatic heterocycles. The average molecular weight is 385 g/mol. The van der Waals surface area contributed by atoms with E-state index in [1.54, 1.807) is 14.2 Å². The van der Waals surface area contributed by atoms with E-state index in [2.05, 4.69) is 54.4 Å². The van der Waals surface area contributed by atoms with Crippen LogP contribution in [0.3, 0.4) is 0 Å². The molecule has 0 bridgehead atoms. The second-order valence-corrected chi connectivity index (χ2v) is 6.95. The minimum atomic E-state index is 0.147. The highest BCUT2D eigenvalue weighted by atomic mass is 16.5. The van der Waals surface area contributed by atoms with E-state index in [0.717, 1.165) is 49.8 Å². The lowest BCUT2D eigenvalue weighted by Crippen LogP contribution is -2.31. The Kier molecular flexibility index (Phi) is 7.18. The fraction of sp³-hybridized carbons (Fsp3) is 0.478. The molecule has 1 aliphatic rings. The molecule has 5 heteroatoms. The Labute approximate surface area is 168 Å². The van der Waals surface area contributed by atoms with Crippen molar-refractivity contribution in [3.63, 3.8) is 0 Å². The summed E-state index contributed by atoms with van der Waals surface area (Å²) in [6, 6.07) is 12.7. The molecule has 0 aliphatic carbocycles. The van der Waals surface area contributed by atoms with Gasteiger partial charge in [0.2, 0.25) is 0 Å². The van der Waals surface area contributed by atoms with Crippen LogP contribution in [0.15, 0.2) is 36.4 Å². The van der Waals surface area contributed by atoms with Gasteiger partial charge in [0.25, 0.3) is 0 Å². The molecular weight excluding hydrogens is 352 g/mol. The Hall–Kier alpha value is -2.24. The van der Waals surface area contributed by atoms with Gasteiger partial charge in [0, 0.05) is 18.7 Å². The number of ether oxygens (including phenoxy) is 3. The van der Waals surface area contributed by atoms with Crippen molar-refractivity contribution >= 4 is 0 Å². The molecule has 1 N–H and O–H groups in total. The van der Waals surface area contributed by atoms with Crippen molar-refractivity contribution in [1.29, 1.82) is 0 Å². The number of fused-ring (bicyclic) bond motifs is 1. The minimum Gasteiger partial charge on any atom is -0.493 e. The van der Waals surface area contributed by atoms with Gasteiger partial charge in [0.15, 0.2) is 11.5 Å². The van der Waals surface area contributed by atoms with Gasteiger partial charge in [0.1, 0.15) is 12.4 Å². The van der Waals surface area contributed by atoms with E-state index in [4.69, 9.17) is 14.2 Å². The SMILES string of the molecule is CCN(CC)CCOc1ccc(C2NCCc3c2ccc(OC)c3OC)cc1. The largest absolute Gasteiger partial charge is 0.493 e. The molecule has 0 fully saturated rings. The molecule has 2 aromatic carbocycles. The number of nitrogens with zero attached hydrogens (tertiary/aromatic N) is 1. The molecular formula is C23H32N2O3. The number of benzene rings is 2. The van der Waals surface area contributed by atoms with E-state index in [9.17, 15) is 0 Å². The van der Waals surface area contributed by atoms with Crippen molar-refractivity contribution in [1.82, 2.24) is 10.2 Å². The third kappa shape index (κ3) is 4.42. The van der Waals surface area contributed by atoms with Crippen LogP contribution in [-0.4, -0.2) is 51.9 Å². The highest BCUT2D eigenvalue weighted by Crippen LogP contribution is 2.39. The van der Waals surface area contributed by atoms with Crippen LogP contribution in [0.5, 0.6) is 17.2 Å². The van der Waals surface area contributed by atoms with Crippen molar-refractivity contribution in [2.24, 2.45) is 0 Å². The van der Waals surface area contributed by atoms with Crippen LogP contribution < -0.4 is 19.5 Å². The number of nitrogens with one attached hydrogen (secondary N) is 1. The first-order valence-corrected chi connectivity index (χ1v) is 10.1. The number of likely N-dealkylation sites (N-methyl/N-ethyl adjacent to an activating group) is 1. The molecule has 0 saturated heterocycles. The zero-order valence-electron chi connectivity index (χ0n) is 17.5. The lowest BCUT2D eigenvalue weighted by atomic mass is 9.89. The molecule has 1 heterocycles. The van der Waals surface area contributed by atoms with Crippen molar-refractivity contribution in [2.75, 3.05) is 47.0 Å². The normalized spacial score (nSPS) is 16.0. The number of methoxy groups -OCH3 is 2. The van der Waals surface area contributed by atoms with Gasteiger partial charge in [-0.05, 0) is 48.8 Å². The van der Waals surface area contributed by atoms with Gasteiger partial charge < -0.3 is 24.4 Å². The Morgan fingerprint density at radius 1 is 1.00 bits per heavy atom. The van der Waals surface area contributed by atoms with Crippen molar-refractivity contribution in [3.05, 3.63) is 53.1 Å². The van der Waals surface area contributed by atoms with E-state index < -0.39 is 0 Å². The van der Waals surface area contributed by atoms with E-state index in [0.29, 0.717) is 6.61 Å². The highest BCUT2D eigenvalue weighted by Gasteiger charge is 2.25. The van der Waals surface area contributed by atoms with Crippen LogP contribution in [0.25, 0.3) is 0 Å². The maximum Gasteiger partial charge on any atom is 0.164 e. The summed E-state index contributed by atoms with van der Waals surface area (Å²) in [4.78, 5) is 2.36. The zero-order valence-corrected chi connectivity index (χ0v) is 17.5. The molecule has 0 radical (unpaired) electrons. The van der Waals surface area contributed by atoms with Crippen molar-refractivity contribution < 1.29 is 14.2 Å². The number of hydrogen-bond acceptors (Lipinski definition) is 5. The topological polar surface area (TPSA) is 43.0 Å². The molecule has 5 nitrogen and oxygen atoms in total. The summed E-state index contributed by atoms with van der Waals surface area (Å²) in [5.74, 6) is 2.56. The summed E-state index contributed by atoms with van der Waals surface area (Å²) in [5, 5.41) is 3.63. The molecule has 0 amide bonds. The fourth-order valence-electron chi connectivity index (χ4n) is 3.87. The quantitative estimate of drug-likeness (QED) is 0.715. The van der Waals surface area contributed by atoms with E-state index >= 15 is 0 Å². The molecule has 0 saturated carbocycles. The van der Waals surface area contributed by atoms with E-state index in [1.807, 2.05) is 6.07 Å². The summed E-state index contributed by atoms with van der Waals surface area (Å²) in [6.07, 6.45) is 0.929. The Morgan fingerprint density at radius 3 is 2.39 bits per heavy atom. The Morgan fingerprint density at radius 2 is 1.75 bits per heavy atom. The van der Waals surface area contributed by atoms with Crippen LogP contribution in [0.2, 0.25) is 0 Å². The smallest absolute Gasteiger partial charge is 0.164 e. The fourth-order valence-corrected chi connectivity index (χ4v) is 3.87. The second-order valence-electron chi connectivity index (χ2n) is 6.95. The summed E-state index contributed by atoms with van der Waals surface area (Å²) in [6.45, 7) is 9.04. The maximum atomic E-state index is 5.92. The first-order valence-electron chi connectivity index (χ1n) is 10.1. The van der Waals surface area contributed by atoms with Crippen LogP contribution in [0, 0.1) is 0 Å². The molecule has 0 spiro atoms. The van der Waals surface area contributed by atoms with Gasteiger partial charge in [-0.2, -0.15) is 0 Å². The van der Waals surface area contributed by atoms with Gasteiger partial charge in [-0.25, -0.2) is 0 Å². The molecule has 1 atom stereocenters. The molecule has 152 valence electrons. The average Bonchev–Trinajstić information content (AvgIpc) is 2.76. The summed E-state index contributed by atoms with van der Waals surface area (Å²) < 4.78 is 17.0. The monoisotopic (exact) mass is 384 g/mol. The Bertz CT molecular complexity index is 757. The van der Waals surface area contributed by atoms with Gasteiger partial charge in [-0.3, -0.25) is 0 Å². The van der Waals surface area contributed by atoms with Gasteiger partial charge in [-0.15, -0.1) is 0 Å². The standard InChI is InChI=1S/C23H32N2O3/c1-5-25(6-2)15-16-28-18-9-7-17(8-10-18)22-19-11-12-21(26-3)23(27-4)20(19)13-14-24-22/h7-12,22,24H,5-6,13-16H2,1-4H3. The van der Waals surface area contributed by atoms with Crippen LogP contribution in [-0.2, 0) is 6.42 Å². The summed E-state index contributed by atoms with van der Waals surface area (Å²) in [5.41, 5.74) is 3.70. The predicted molar refractivity (Wildman–Crippen MR) is 113 cm³/mol.